The molecule has 4 atom stereocenters. The third-order valence-electron chi connectivity index (χ3n) is 7.09. The fourth-order valence-corrected chi connectivity index (χ4v) is 5.03. The number of thioether (sulfide) groups is 1. The number of amides is 6. The molecule has 46 heavy (non-hydrogen) atoms. The van der Waals surface area contributed by atoms with E-state index in [9.17, 15) is 28.8 Å². The molecular weight excluding hydrogens is 610 g/mol. The van der Waals surface area contributed by atoms with Gasteiger partial charge in [0.2, 0.25) is 35.4 Å². The molecule has 0 heterocycles. The molecule has 0 aromatic heterocycles. The highest BCUT2D eigenvalue weighted by Crippen LogP contribution is 2.09. The Morgan fingerprint density at radius 3 is 1.98 bits per heavy atom. The number of rotatable bonds is 22. The lowest BCUT2D eigenvalue weighted by molar-refractivity contribution is -0.134. The van der Waals surface area contributed by atoms with E-state index >= 15 is 0 Å². The van der Waals surface area contributed by atoms with Crippen LogP contribution in [-0.2, 0) is 35.2 Å². The molecule has 0 fully saturated rings. The van der Waals surface area contributed by atoms with Crippen molar-refractivity contribution in [2.75, 3.05) is 25.1 Å². The zero-order chi connectivity index (χ0) is 34.6. The molecule has 0 saturated carbocycles. The Hall–Kier alpha value is -3.65. The second-order valence-corrected chi connectivity index (χ2v) is 13.0. The summed E-state index contributed by atoms with van der Waals surface area (Å²) in [7, 11) is 0. The van der Waals surface area contributed by atoms with Crippen LogP contribution in [0.15, 0.2) is 30.3 Å². The number of benzene rings is 1. The monoisotopic (exact) mass is 663 g/mol. The maximum atomic E-state index is 13.4. The number of primary amides is 1. The third-order valence-corrected chi connectivity index (χ3v) is 7.74. The first-order chi connectivity index (χ1) is 21.8. The highest BCUT2D eigenvalue weighted by atomic mass is 32.2. The summed E-state index contributed by atoms with van der Waals surface area (Å²) >= 11 is 1.51. The average Bonchev–Trinajstić information content (AvgIpc) is 2.99. The molecule has 0 saturated heterocycles. The van der Waals surface area contributed by atoms with E-state index in [2.05, 4.69) is 26.6 Å². The van der Waals surface area contributed by atoms with Crippen LogP contribution in [0.4, 0.5) is 0 Å². The normalized spacial score (nSPS) is 13.7. The molecule has 0 radical (unpaired) electrons. The Bertz CT molecular complexity index is 1140. The van der Waals surface area contributed by atoms with E-state index in [1.165, 1.54) is 11.8 Å². The second kappa shape index (κ2) is 22.0. The number of nitrogens with two attached hydrogens (primary N) is 2. The van der Waals surface area contributed by atoms with E-state index in [1.807, 2.05) is 50.4 Å². The van der Waals surface area contributed by atoms with Crippen molar-refractivity contribution in [3.63, 3.8) is 0 Å². The van der Waals surface area contributed by atoms with E-state index < -0.39 is 60.2 Å². The molecule has 1 rings (SSSR count). The average molecular weight is 664 g/mol. The highest BCUT2D eigenvalue weighted by Gasteiger charge is 2.30. The summed E-state index contributed by atoms with van der Waals surface area (Å²) in [6.45, 7) is 7.28. The van der Waals surface area contributed by atoms with Gasteiger partial charge in [-0.1, -0.05) is 58.0 Å². The van der Waals surface area contributed by atoms with E-state index in [-0.39, 0.29) is 30.6 Å². The van der Waals surface area contributed by atoms with Gasteiger partial charge in [-0.05, 0) is 61.6 Å². The van der Waals surface area contributed by atoms with Gasteiger partial charge in [0.05, 0.1) is 6.54 Å². The van der Waals surface area contributed by atoms with Crippen LogP contribution in [0.1, 0.15) is 65.4 Å². The topological polar surface area (TPSA) is 215 Å². The molecule has 0 aliphatic carbocycles. The number of carbonyl (C=O) groups is 6. The van der Waals surface area contributed by atoms with Crippen LogP contribution in [0, 0.1) is 11.8 Å². The minimum Gasteiger partial charge on any atom is -0.368 e. The van der Waals surface area contributed by atoms with Gasteiger partial charge in [0.15, 0.2) is 0 Å². The van der Waals surface area contributed by atoms with Gasteiger partial charge in [0, 0.05) is 12.8 Å². The quantitative estimate of drug-likeness (QED) is 0.0858. The van der Waals surface area contributed by atoms with Crippen LogP contribution >= 0.6 is 11.8 Å². The van der Waals surface area contributed by atoms with Gasteiger partial charge < -0.3 is 38.1 Å². The molecule has 0 spiro atoms. The highest BCUT2D eigenvalue weighted by molar-refractivity contribution is 7.98. The van der Waals surface area contributed by atoms with Crippen molar-refractivity contribution in [2.24, 2.45) is 23.3 Å². The SMILES string of the molecule is CSCC[C@H](NC(=O)[C@H](CC(C)C)NC(=O)CNC(=O)[C@@H](NC(=O)[C@H](Cc1ccccc1)NC(=O)CCCCN)C(C)C)C(N)=O. The molecule has 0 bridgehead atoms. The maximum absolute atomic E-state index is 13.4. The Kier molecular flexibility index (Phi) is 19.3. The summed E-state index contributed by atoms with van der Waals surface area (Å²) in [4.78, 5) is 76.8. The lowest BCUT2D eigenvalue weighted by Crippen LogP contribution is -2.57. The smallest absolute Gasteiger partial charge is 0.243 e. The molecule has 14 heteroatoms. The van der Waals surface area contributed by atoms with Crippen molar-refractivity contribution in [2.45, 2.75) is 90.4 Å². The van der Waals surface area contributed by atoms with Crippen molar-refractivity contribution in [3.05, 3.63) is 35.9 Å². The summed E-state index contributed by atoms with van der Waals surface area (Å²) < 4.78 is 0. The van der Waals surface area contributed by atoms with Crippen LogP contribution in [-0.4, -0.2) is 84.7 Å². The van der Waals surface area contributed by atoms with Crippen LogP contribution in [0.2, 0.25) is 0 Å². The molecule has 6 amide bonds. The predicted octanol–water partition coefficient (Wildman–Crippen LogP) is 0.354. The van der Waals surface area contributed by atoms with E-state index in [1.54, 1.807) is 13.8 Å². The number of unbranched alkanes of at least 4 members (excludes halogenated alkanes) is 1. The zero-order valence-corrected chi connectivity index (χ0v) is 28.5. The molecule has 258 valence electrons. The van der Waals surface area contributed by atoms with Crippen LogP contribution < -0.4 is 38.1 Å². The van der Waals surface area contributed by atoms with Crippen molar-refractivity contribution in [3.8, 4) is 0 Å². The Morgan fingerprint density at radius 1 is 0.783 bits per heavy atom. The summed E-state index contributed by atoms with van der Waals surface area (Å²) in [6.07, 6.45) is 4.23. The van der Waals surface area contributed by atoms with Crippen molar-refractivity contribution in [1.29, 1.82) is 0 Å². The lowest BCUT2D eigenvalue weighted by atomic mass is 10.0. The fraction of sp³-hybridized carbons (Fsp3) is 0.625. The first kappa shape index (κ1) is 40.4. The minimum absolute atomic E-state index is 0.0365. The van der Waals surface area contributed by atoms with Gasteiger partial charge >= 0.3 is 0 Å². The fourth-order valence-electron chi connectivity index (χ4n) is 4.56. The van der Waals surface area contributed by atoms with Gasteiger partial charge in [0.25, 0.3) is 0 Å². The minimum atomic E-state index is -1.00. The molecule has 0 aliphatic rings. The zero-order valence-electron chi connectivity index (χ0n) is 27.7. The second-order valence-electron chi connectivity index (χ2n) is 12.0. The summed E-state index contributed by atoms with van der Waals surface area (Å²) in [6, 6.07) is 5.45. The molecule has 1 aromatic carbocycles. The van der Waals surface area contributed by atoms with Crippen LogP contribution in [0.3, 0.4) is 0 Å². The lowest BCUT2D eigenvalue weighted by Gasteiger charge is -2.26. The van der Waals surface area contributed by atoms with Crippen molar-refractivity contribution in [1.82, 2.24) is 26.6 Å². The summed E-state index contributed by atoms with van der Waals surface area (Å²) in [5.74, 6) is -2.94. The largest absolute Gasteiger partial charge is 0.368 e. The number of hydrogen-bond donors (Lipinski definition) is 7. The van der Waals surface area contributed by atoms with Crippen LogP contribution in [0.5, 0.6) is 0 Å². The van der Waals surface area contributed by atoms with Gasteiger partial charge in [-0.2, -0.15) is 11.8 Å². The number of hydrogen-bond acceptors (Lipinski definition) is 8. The van der Waals surface area contributed by atoms with Crippen molar-refractivity contribution >= 4 is 47.2 Å². The first-order valence-electron chi connectivity index (χ1n) is 15.8. The molecule has 0 unspecified atom stereocenters. The summed E-state index contributed by atoms with van der Waals surface area (Å²) in [5, 5.41) is 13.3. The number of carbonyl (C=O) groups excluding carboxylic acids is 6. The standard InChI is InChI=1S/C32H53N7O6S/c1-20(2)17-24(30(43)38-23(29(34)42)14-16-46-5)37-27(41)19-35-32(45)28(21(3)4)39-31(44)25(18-22-11-7-6-8-12-22)36-26(40)13-9-10-15-33/h6-8,11-12,20-21,23-25,28H,9-10,13-19,33H2,1-5H3,(H2,34,42)(H,35,45)(H,36,40)(H,37,41)(H,38,43)(H,39,44)/t23-,24-,25-,28-/m0/s1. The van der Waals surface area contributed by atoms with Crippen LogP contribution in [0.25, 0.3) is 0 Å². The molecule has 1 aromatic rings. The molecular formula is C32H53N7O6S. The molecule has 13 nitrogen and oxygen atoms in total. The maximum Gasteiger partial charge on any atom is 0.243 e. The van der Waals surface area contributed by atoms with Gasteiger partial charge in [-0.3, -0.25) is 28.8 Å². The predicted molar refractivity (Wildman–Crippen MR) is 180 cm³/mol. The van der Waals surface area contributed by atoms with Gasteiger partial charge in [-0.15, -0.1) is 0 Å². The van der Waals surface area contributed by atoms with E-state index in [0.717, 1.165) is 5.56 Å². The van der Waals surface area contributed by atoms with E-state index in [4.69, 9.17) is 11.5 Å². The third kappa shape index (κ3) is 16.1. The Morgan fingerprint density at radius 2 is 1.41 bits per heavy atom. The Labute approximate surface area is 276 Å². The van der Waals surface area contributed by atoms with Gasteiger partial charge in [0.1, 0.15) is 24.2 Å². The van der Waals surface area contributed by atoms with Gasteiger partial charge in [-0.25, -0.2) is 0 Å². The summed E-state index contributed by atoms with van der Waals surface area (Å²) in [5.41, 5.74) is 11.8. The number of nitrogens with one attached hydrogen (secondary N) is 5. The Balaban J connectivity index is 2.91. The molecule has 9 N–H and O–H groups in total. The van der Waals surface area contributed by atoms with E-state index in [0.29, 0.717) is 38.0 Å². The first-order valence-corrected chi connectivity index (χ1v) is 17.2. The molecule has 0 aliphatic heterocycles. The van der Waals surface area contributed by atoms with Crippen molar-refractivity contribution < 1.29 is 28.8 Å².